The largest absolute Gasteiger partial charge is 0.495 e. The summed E-state index contributed by atoms with van der Waals surface area (Å²) in [6.45, 7) is 5.10. The highest BCUT2D eigenvalue weighted by Gasteiger charge is 2.29. The van der Waals surface area contributed by atoms with Gasteiger partial charge in [0, 0.05) is 13.1 Å². The molecule has 5 nitrogen and oxygen atoms in total. The summed E-state index contributed by atoms with van der Waals surface area (Å²) in [6.07, 6.45) is 1.77. The molecule has 1 aliphatic heterocycles. The molecule has 23 heavy (non-hydrogen) atoms. The molecule has 0 unspecified atom stereocenters. The summed E-state index contributed by atoms with van der Waals surface area (Å²) >= 11 is 6.04. The number of hydrogen-bond acceptors (Lipinski definition) is 4. The number of benzene rings is 1. The van der Waals surface area contributed by atoms with Crippen molar-refractivity contribution in [3.63, 3.8) is 0 Å². The Morgan fingerprint density at radius 2 is 2.00 bits per heavy atom. The summed E-state index contributed by atoms with van der Waals surface area (Å²) in [7, 11) is -1.98. The predicted octanol–water partition coefficient (Wildman–Crippen LogP) is 2.78. The number of nitrogens with zero attached hydrogens (tertiary/aromatic N) is 1. The van der Waals surface area contributed by atoms with E-state index in [4.69, 9.17) is 16.3 Å². The van der Waals surface area contributed by atoms with Gasteiger partial charge in [0.1, 0.15) is 5.75 Å². The maximum atomic E-state index is 12.7. The van der Waals surface area contributed by atoms with Crippen molar-refractivity contribution in [1.82, 2.24) is 9.62 Å². The van der Waals surface area contributed by atoms with Crippen LogP contribution in [-0.2, 0) is 10.0 Å². The second-order valence-corrected chi connectivity index (χ2v) is 7.80. The zero-order valence-electron chi connectivity index (χ0n) is 13.4. The summed E-state index contributed by atoms with van der Waals surface area (Å²) in [5.74, 6) is 1.02. The minimum absolute atomic E-state index is 0. The van der Waals surface area contributed by atoms with Gasteiger partial charge in [-0.25, -0.2) is 8.42 Å². The fourth-order valence-electron chi connectivity index (χ4n) is 2.66. The van der Waals surface area contributed by atoms with Gasteiger partial charge in [0.15, 0.2) is 0 Å². The number of methoxy groups -OCH3 is 1. The maximum Gasteiger partial charge on any atom is 0.243 e. The van der Waals surface area contributed by atoms with Crippen molar-refractivity contribution in [3.05, 3.63) is 23.2 Å². The standard InChI is InChI=1S/C15H23ClN2O3S.ClH/c1-3-17-11-12-6-8-18(9-7-12)22(19,20)13-4-5-15(21-2)14(16)10-13;/h4-5,10,12,17H,3,6-9,11H2,1-2H3;1H. The Morgan fingerprint density at radius 1 is 1.35 bits per heavy atom. The third-order valence-electron chi connectivity index (χ3n) is 4.02. The lowest BCUT2D eigenvalue weighted by molar-refractivity contribution is 0.268. The average molecular weight is 383 g/mol. The number of halogens is 2. The molecule has 0 aliphatic carbocycles. The first kappa shape index (κ1) is 20.5. The second-order valence-electron chi connectivity index (χ2n) is 5.45. The molecular weight excluding hydrogens is 359 g/mol. The topological polar surface area (TPSA) is 58.6 Å². The van der Waals surface area contributed by atoms with Gasteiger partial charge in [-0.3, -0.25) is 0 Å². The van der Waals surface area contributed by atoms with Gasteiger partial charge in [-0.15, -0.1) is 12.4 Å². The Labute approximate surface area is 149 Å². The predicted molar refractivity (Wildman–Crippen MR) is 95.3 cm³/mol. The summed E-state index contributed by atoms with van der Waals surface area (Å²) in [4.78, 5) is 0.225. The molecule has 0 amide bonds. The third-order valence-corrected chi connectivity index (χ3v) is 6.21. The quantitative estimate of drug-likeness (QED) is 0.821. The molecule has 1 saturated heterocycles. The van der Waals surface area contributed by atoms with Crippen molar-refractivity contribution in [2.75, 3.05) is 33.3 Å². The molecule has 0 atom stereocenters. The first-order valence-corrected chi connectivity index (χ1v) is 9.35. The summed E-state index contributed by atoms with van der Waals surface area (Å²) in [6, 6.07) is 4.60. The van der Waals surface area contributed by atoms with Crippen molar-refractivity contribution >= 4 is 34.0 Å². The summed E-state index contributed by atoms with van der Waals surface area (Å²) < 4.78 is 32.0. The Bertz CT molecular complexity index is 603. The number of sulfonamides is 1. The second kappa shape index (κ2) is 9.08. The van der Waals surface area contributed by atoms with Crippen molar-refractivity contribution in [2.24, 2.45) is 5.92 Å². The Morgan fingerprint density at radius 3 is 2.52 bits per heavy atom. The zero-order valence-corrected chi connectivity index (χ0v) is 15.8. The fraction of sp³-hybridized carbons (Fsp3) is 0.600. The Hall–Kier alpha value is -0.530. The lowest BCUT2D eigenvalue weighted by Gasteiger charge is -2.31. The highest BCUT2D eigenvalue weighted by molar-refractivity contribution is 7.89. The average Bonchev–Trinajstić information content (AvgIpc) is 2.53. The van der Waals surface area contributed by atoms with E-state index >= 15 is 0 Å². The monoisotopic (exact) mass is 382 g/mol. The first-order chi connectivity index (χ1) is 10.5. The van der Waals surface area contributed by atoms with Crippen LogP contribution in [0.3, 0.4) is 0 Å². The fourth-order valence-corrected chi connectivity index (χ4v) is 4.48. The lowest BCUT2D eigenvalue weighted by Crippen LogP contribution is -2.40. The molecule has 0 bridgehead atoms. The molecule has 132 valence electrons. The van der Waals surface area contributed by atoms with Crippen molar-refractivity contribution in [2.45, 2.75) is 24.7 Å². The van der Waals surface area contributed by atoms with Gasteiger partial charge in [0.2, 0.25) is 10.0 Å². The van der Waals surface area contributed by atoms with E-state index < -0.39 is 10.0 Å². The van der Waals surface area contributed by atoms with Crippen molar-refractivity contribution in [1.29, 1.82) is 0 Å². The highest BCUT2D eigenvalue weighted by Crippen LogP contribution is 2.30. The summed E-state index contributed by atoms with van der Waals surface area (Å²) in [5.41, 5.74) is 0. The van der Waals surface area contributed by atoms with E-state index in [1.807, 2.05) is 0 Å². The van der Waals surface area contributed by atoms with Crippen LogP contribution >= 0.6 is 24.0 Å². The van der Waals surface area contributed by atoms with Gasteiger partial charge in [0.25, 0.3) is 0 Å². The van der Waals surface area contributed by atoms with Gasteiger partial charge in [0.05, 0.1) is 17.0 Å². The van der Waals surface area contributed by atoms with Crippen LogP contribution < -0.4 is 10.1 Å². The van der Waals surface area contributed by atoms with Crippen LogP contribution in [0.4, 0.5) is 0 Å². The smallest absolute Gasteiger partial charge is 0.243 e. The van der Waals surface area contributed by atoms with Crippen LogP contribution in [-0.4, -0.2) is 46.0 Å². The highest BCUT2D eigenvalue weighted by atomic mass is 35.5. The van der Waals surface area contributed by atoms with Gasteiger partial charge in [-0.05, 0) is 50.0 Å². The number of ether oxygens (including phenoxy) is 1. The molecule has 1 heterocycles. The van der Waals surface area contributed by atoms with Crippen LogP contribution in [0.25, 0.3) is 0 Å². The first-order valence-electron chi connectivity index (χ1n) is 7.53. The van der Waals surface area contributed by atoms with Crippen LogP contribution in [0.5, 0.6) is 5.75 Å². The van der Waals surface area contributed by atoms with Gasteiger partial charge in [-0.2, -0.15) is 4.31 Å². The van der Waals surface area contributed by atoms with Crippen LogP contribution in [0.1, 0.15) is 19.8 Å². The summed E-state index contributed by atoms with van der Waals surface area (Å²) in [5, 5.41) is 3.63. The molecular formula is C15H24Cl2N2O3S. The number of piperidine rings is 1. The van der Waals surface area contributed by atoms with Crippen molar-refractivity contribution in [3.8, 4) is 5.75 Å². The molecule has 1 aromatic rings. The van der Waals surface area contributed by atoms with Gasteiger partial charge in [-0.1, -0.05) is 18.5 Å². The number of rotatable bonds is 6. The van der Waals surface area contributed by atoms with Crippen LogP contribution in [0.2, 0.25) is 5.02 Å². The van der Waals surface area contributed by atoms with E-state index in [0.29, 0.717) is 29.8 Å². The van der Waals surface area contributed by atoms with Gasteiger partial charge >= 0.3 is 0 Å². The Balaban J connectivity index is 0.00000264. The maximum absolute atomic E-state index is 12.7. The normalized spacial score (nSPS) is 16.8. The molecule has 0 saturated carbocycles. The molecule has 1 aromatic carbocycles. The van der Waals surface area contributed by atoms with E-state index in [0.717, 1.165) is 25.9 Å². The van der Waals surface area contributed by atoms with E-state index in [1.54, 1.807) is 16.4 Å². The van der Waals surface area contributed by atoms with E-state index in [2.05, 4.69) is 12.2 Å². The minimum atomic E-state index is -3.48. The Kier molecular flexibility index (Phi) is 8.10. The molecule has 1 N–H and O–H groups in total. The third kappa shape index (κ3) is 4.97. The molecule has 2 rings (SSSR count). The molecule has 8 heteroatoms. The van der Waals surface area contributed by atoms with E-state index in [9.17, 15) is 8.42 Å². The molecule has 1 aliphatic rings. The van der Waals surface area contributed by atoms with Crippen LogP contribution in [0.15, 0.2) is 23.1 Å². The molecule has 0 radical (unpaired) electrons. The molecule has 0 aromatic heterocycles. The molecule has 1 fully saturated rings. The van der Waals surface area contributed by atoms with Gasteiger partial charge < -0.3 is 10.1 Å². The number of nitrogens with one attached hydrogen (secondary N) is 1. The van der Waals surface area contributed by atoms with E-state index in [1.165, 1.54) is 13.2 Å². The van der Waals surface area contributed by atoms with E-state index in [-0.39, 0.29) is 17.3 Å². The number of hydrogen-bond donors (Lipinski definition) is 1. The SMILES string of the molecule is CCNCC1CCN(S(=O)(=O)c2ccc(OC)c(Cl)c2)CC1.Cl. The van der Waals surface area contributed by atoms with Crippen molar-refractivity contribution < 1.29 is 13.2 Å². The molecule has 0 spiro atoms. The minimum Gasteiger partial charge on any atom is -0.495 e. The lowest BCUT2D eigenvalue weighted by atomic mass is 9.98. The zero-order chi connectivity index (χ0) is 16.2. The van der Waals surface area contributed by atoms with Crippen LogP contribution in [0, 0.1) is 5.92 Å².